The molecule has 0 saturated heterocycles. The van der Waals surface area contributed by atoms with Crippen LogP contribution in [0.25, 0.3) is 0 Å². The van der Waals surface area contributed by atoms with E-state index in [-0.39, 0.29) is 0 Å². The Morgan fingerprint density at radius 2 is 1.46 bits per heavy atom. The third kappa shape index (κ3) is 3.89. The number of hydrogen-bond acceptors (Lipinski definition) is 5. The van der Waals surface area contributed by atoms with Crippen molar-refractivity contribution in [1.29, 1.82) is 0 Å². The minimum Gasteiger partial charge on any atom is -0.496 e. The van der Waals surface area contributed by atoms with Gasteiger partial charge in [-0.05, 0) is 18.2 Å². The highest BCUT2D eigenvalue weighted by Crippen LogP contribution is 2.38. The van der Waals surface area contributed by atoms with Crippen molar-refractivity contribution in [2.45, 2.75) is 6.54 Å². The van der Waals surface area contributed by atoms with Crippen LogP contribution in [-0.4, -0.2) is 33.4 Å². The summed E-state index contributed by atoms with van der Waals surface area (Å²) in [5, 5.41) is 3.23. The molecule has 5 nitrogen and oxygen atoms in total. The van der Waals surface area contributed by atoms with Gasteiger partial charge in [0.05, 0.1) is 28.4 Å². The van der Waals surface area contributed by atoms with Crippen LogP contribution in [0.15, 0.2) is 36.4 Å². The molecule has 0 atom stereocenters. The summed E-state index contributed by atoms with van der Waals surface area (Å²) >= 11 is 5.49. The van der Waals surface area contributed by atoms with E-state index in [0.29, 0.717) is 28.8 Å². The van der Waals surface area contributed by atoms with Crippen molar-refractivity contribution < 1.29 is 18.9 Å². The molecule has 0 bridgehead atoms. The van der Waals surface area contributed by atoms with E-state index >= 15 is 0 Å². The SMILES string of the molecule is COc1ccccc1CNC(=S)c1cc(OC)c(OC)c(OC)c1. The van der Waals surface area contributed by atoms with Crippen molar-refractivity contribution in [2.75, 3.05) is 28.4 Å². The topological polar surface area (TPSA) is 49.0 Å². The van der Waals surface area contributed by atoms with Gasteiger partial charge in [0.15, 0.2) is 11.5 Å². The first-order valence-electron chi connectivity index (χ1n) is 7.34. The molecule has 0 amide bonds. The molecule has 1 N–H and O–H groups in total. The number of para-hydroxylation sites is 1. The molecule has 6 heteroatoms. The third-order valence-corrected chi connectivity index (χ3v) is 3.94. The number of rotatable bonds is 7. The average molecular weight is 347 g/mol. The molecule has 0 aromatic heterocycles. The Morgan fingerprint density at radius 3 is 2.00 bits per heavy atom. The monoisotopic (exact) mass is 347 g/mol. The van der Waals surface area contributed by atoms with Gasteiger partial charge < -0.3 is 24.3 Å². The van der Waals surface area contributed by atoms with Gasteiger partial charge in [-0.25, -0.2) is 0 Å². The summed E-state index contributed by atoms with van der Waals surface area (Å²) in [5.41, 5.74) is 1.81. The lowest BCUT2D eigenvalue weighted by molar-refractivity contribution is 0.324. The Balaban J connectivity index is 2.20. The first kappa shape index (κ1) is 17.9. The maximum absolute atomic E-state index is 5.49. The van der Waals surface area contributed by atoms with Crippen LogP contribution < -0.4 is 24.3 Å². The van der Waals surface area contributed by atoms with Crippen LogP contribution in [0.3, 0.4) is 0 Å². The molecule has 0 saturated carbocycles. The van der Waals surface area contributed by atoms with Crippen molar-refractivity contribution in [1.82, 2.24) is 5.32 Å². The van der Waals surface area contributed by atoms with Crippen LogP contribution in [0.4, 0.5) is 0 Å². The maximum Gasteiger partial charge on any atom is 0.203 e. The summed E-state index contributed by atoms with van der Waals surface area (Å²) in [6.45, 7) is 0.555. The number of ether oxygens (including phenoxy) is 4. The molecule has 2 aromatic rings. The molecule has 0 radical (unpaired) electrons. The van der Waals surface area contributed by atoms with Crippen molar-refractivity contribution in [2.24, 2.45) is 0 Å². The predicted molar refractivity (Wildman–Crippen MR) is 97.6 cm³/mol. The highest BCUT2D eigenvalue weighted by molar-refractivity contribution is 7.80. The molecule has 0 spiro atoms. The highest BCUT2D eigenvalue weighted by atomic mass is 32.1. The van der Waals surface area contributed by atoms with E-state index < -0.39 is 0 Å². The number of benzene rings is 2. The van der Waals surface area contributed by atoms with E-state index in [1.165, 1.54) is 0 Å². The second-order valence-electron chi connectivity index (χ2n) is 4.91. The first-order chi connectivity index (χ1) is 11.6. The molecule has 0 aliphatic heterocycles. The lowest BCUT2D eigenvalue weighted by atomic mass is 10.1. The lowest BCUT2D eigenvalue weighted by Gasteiger charge is -2.16. The molecule has 0 heterocycles. The zero-order valence-electron chi connectivity index (χ0n) is 14.2. The van der Waals surface area contributed by atoms with E-state index in [4.69, 9.17) is 31.2 Å². The summed E-state index contributed by atoms with van der Waals surface area (Å²) in [6.07, 6.45) is 0. The molecule has 24 heavy (non-hydrogen) atoms. The van der Waals surface area contributed by atoms with Gasteiger partial charge in [-0.3, -0.25) is 0 Å². The van der Waals surface area contributed by atoms with E-state index in [0.717, 1.165) is 16.9 Å². The summed E-state index contributed by atoms with van der Waals surface area (Å²) in [7, 11) is 6.37. The minimum atomic E-state index is 0.538. The van der Waals surface area contributed by atoms with E-state index in [1.807, 2.05) is 36.4 Å². The molecule has 2 rings (SSSR count). The second kappa shape index (κ2) is 8.40. The Labute approximate surface area is 147 Å². The van der Waals surface area contributed by atoms with Crippen LogP contribution in [-0.2, 0) is 6.54 Å². The van der Waals surface area contributed by atoms with Gasteiger partial charge in [-0.2, -0.15) is 0 Å². The molecule has 0 aliphatic carbocycles. The molecule has 2 aromatic carbocycles. The first-order valence-corrected chi connectivity index (χ1v) is 7.75. The number of hydrogen-bond donors (Lipinski definition) is 1. The quantitative estimate of drug-likeness (QED) is 0.777. The van der Waals surface area contributed by atoms with Crippen LogP contribution in [0.1, 0.15) is 11.1 Å². The number of methoxy groups -OCH3 is 4. The van der Waals surface area contributed by atoms with Gasteiger partial charge in [0.1, 0.15) is 10.7 Å². The van der Waals surface area contributed by atoms with Crippen LogP contribution in [0.5, 0.6) is 23.0 Å². The lowest BCUT2D eigenvalue weighted by Crippen LogP contribution is -2.22. The van der Waals surface area contributed by atoms with E-state index in [1.54, 1.807) is 28.4 Å². The van der Waals surface area contributed by atoms with Crippen molar-refractivity contribution in [3.63, 3.8) is 0 Å². The zero-order valence-corrected chi connectivity index (χ0v) is 15.0. The molecule has 128 valence electrons. The zero-order chi connectivity index (χ0) is 17.5. The average Bonchev–Trinajstić information content (AvgIpc) is 2.64. The van der Waals surface area contributed by atoms with Crippen molar-refractivity contribution in [3.05, 3.63) is 47.5 Å². The largest absolute Gasteiger partial charge is 0.496 e. The van der Waals surface area contributed by atoms with Gasteiger partial charge in [0, 0.05) is 17.7 Å². The Kier molecular flexibility index (Phi) is 6.26. The Bertz CT molecular complexity index is 693. The highest BCUT2D eigenvalue weighted by Gasteiger charge is 2.15. The molecule has 0 fully saturated rings. The summed E-state index contributed by atoms with van der Waals surface area (Å²) < 4.78 is 21.4. The molecular weight excluding hydrogens is 326 g/mol. The summed E-state index contributed by atoms with van der Waals surface area (Å²) in [6, 6.07) is 11.4. The minimum absolute atomic E-state index is 0.538. The maximum atomic E-state index is 5.49. The van der Waals surface area contributed by atoms with E-state index in [2.05, 4.69) is 5.32 Å². The normalized spacial score (nSPS) is 10.0. The Morgan fingerprint density at radius 1 is 0.875 bits per heavy atom. The third-order valence-electron chi connectivity index (χ3n) is 3.56. The van der Waals surface area contributed by atoms with Gasteiger partial charge >= 0.3 is 0 Å². The van der Waals surface area contributed by atoms with Crippen molar-refractivity contribution in [3.8, 4) is 23.0 Å². The molecule has 0 aliphatic rings. The fraction of sp³-hybridized carbons (Fsp3) is 0.278. The molecular formula is C18H21NO4S. The van der Waals surface area contributed by atoms with Gasteiger partial charge in [0.2, 0.25) is 5.75 Å². The van der Waals surface area contributed by atoms with Gasteiger partial charge in [-0.1, -0.05) is 30.4 Å². The van der Waals surface area contributed by atoms with Crippen LogP contribution in [0.2, 0.25) is 0 Å². The predicted octanol–water partition coefficient (Wildman–Crippen LogP) is 3.19. The summed E-state index contributed by atoms with van der Waals surface area (Å²) in [4.78, 5) is 0.583. The van der Waals surface area contributed by atoms with E-state index in [9.17, 15) is 0 Å². The second-order valence-corrected chi connectivity index (χ2v) is 5.32. The number of nitrogens with one attached hydrogen (secondary N) is 1. The smallest absolute Gasteiger partial charge is 0.203 e. The molecule has 0 unspecified atom stereocenters. The van der Waals surface area contributed by atoms with Crippen LogP contribution >= 0.6 is 12.2 Å². The van der Waals surface area contributed by atoms with Gasteiger partial charge in [0.25, 0.3) is 0 Å². The fourth-order valence-electron chi connectivity index (χ4n) is 2.34. The van der Waals surface area contributed by atoms with Crippen molar-refractivity contribution >= 4 is 17.2 Å². The number of thiocarbonyl (C=S) groups is 1. The summed E-state index contributed by atoms with van der Waals surface area (Å²) in [5.74, 6) is 2.48. The fourth-order valence-corrected chi connectivity index (χ4v) is 2.53. The Hall–Kier alpha value is -2.47. The standard InChI is InChI=1S/C18H21NO4S/c1-20-14-8-6-5-7-12(14)11-19-18(24)13-9-15(21-2)17(23-4)16(10-13)22-3/h5-10H,11H2,1-4H3,(H,19,24). The van der Waals surface area contributed by atoms with Gasteiger partial charge in [-0.15, -0.1) is 0 Å². The van der Waals surface area contributed by atoms with Crippen LogP contribution in [0, 0.1) is 0 Å².